The summed E-state index contributed by atoms with van der Waals surface area (Å²) in [4.78, 5) is 12.0. The summed E-state index contributed by atoms with van der Waals surface area (Å²) in [6.07, 6.45) is -4.80. The summed E-state index contributed by atoms with van der Waals surface area (Å²) in [5.74, 6) is -0.943. The quantitative estimate of drug-likeness (QED) is 0.787. The maximum Gasteiger partial charge on any atom is 0.573 e. The highest BCUT2D eigenvalue weighted by Crippen LogP contribution is 2.39. The fourth-order valence-electron chi connectivity index (χ4n) is 1.91. The topological polar surface area (TPSA) is 35.5 Å². The van der Waals surface area contributed by atoms with Crippen LogP contribution < -0.4 is 4.74 Å². The molecule has 0 N–H and O–H groups in total. The second-order valence-electron chi connectivity index (χ2n) is 4.16. The van der Waals surface area contributed by atoms with E-state index in [1.54, 1.807) is 18.4 Å². The lowest BCUT2D eigenvalue weighted by atomic mass is 10.0. The molecular formula is C14H11F3O3S. The Labute approximate surface area is 122 Å². The summed E-state index contributed by atoms with van der Waals surface area (Å²) in [6.45, 7) is 1.71. The van der Waals surface area contributed by atoms with Gasteiger partial charge in [-0.05, 0) is 23.9 Å². The van der Waals surface area contributed by atoms with Gasteiger partial charge in [-0.2, -0.15) is 0 Å². The molecule has 0 bridgehead atoms. The number of aryl methyl sites for hydroxylation is 1. The first-order valence-corrected chi connectivity index (χ1v) is 6.73. The van der Waals surface area contributed by atoms with Gasteiger partial charge in [0.1, 0.15) is 10.6 Å². The van der Waals surface area contributed by atoms with E-state index < -0.39 is 12.3 Å². The number of rotatable bonds is 3. The number of esters is 1. The van der Waals surface area contributed by atoms with Crippen LogP contribution in [-0.4, -0.2) is 19.4 Å². The highest BCUT2D eigenvalue weighted by Gasteiger charge is 2.33. The molecule has 0 amide bonds. The van der Waals surface area contributed by atoms with Gasteiger partial charge in [0, 0.05) is 11.1 Å². The number of methoxy groups -OCH3 is 1. The number of carbonyl (C=O) groups excluding carboxylic acids is 1. The summed E-state index contributed by atoms with van der Waals surface area (Å²) in [5.41, 5.74) is 1.28. The van der Waals surface area contributed by atoms with Crippen molar-refractivity contribution in [3.63, 3.8) is 0 Å². The third kappa shape index (κ3) is 3.36. The number of hydrogen-bond donors (Lipinski definition) is 0. The first kappa shape index (κ1) is 15.4. The van der Waals surface area contributed by atoms with Crippen LogP contribution in [0.5, 0.6) is 5.75 Å². The fourth-order valence-corrected chi connectivity index (χ4v) is 2.89. The molecule has 3 nitrogen and oxygen atoms in total. The van der Waals surface area contributed by atoms with Gasteiger partial charge in [-0.1, -0.05) is 18.2 Å². The maximum absolute atomic E-state index is 12.5. The van der Waals surface area contributed by atoms with E-state index in [1.165, 1.54) is 25.3 Å². The van der Waals surface area contributed by atoms with Crippen molar-refractivity contribution in [2.75, 3.05) is 7.11 Å². The second-order valence-corrected chi connectivity index (χ2v) is 5.04. The Morgan fingerprint density at radius 3 is 2.52 bits per heavy atom. The smallest absolute Gasteiger partial charge is 0.465 e. The molecule has 1 aromatic carbocycles. The zero-order valence-electron chi connectivity index (χ0n) is 11.2. The molecule has 2 aromatic rings. The third-order valence-corrected chi connectivity index (χ3v) is 3.81. The molecule has 1 heterocycles. The van der Waals surface area contributed by atoms with Crippen LogP contribution in [-0.2, 0) is 4.74 Å². The molecule has 0 aliphatic carbocycles. The predicted octanol–water partition coefficient (Wildman–Crippen LogP) is 4.41. The van der Waals surface area contributed by atoms with E-state index in [9.17, 15) is 18.0 Å². The lowest BCUT2D eigenvalue weighted by molar-refractivity contribution is -0.274. The number of alkyl halides is 3. The van der Waals surface area contributed by atoms with E-state index in [-0.39, 0.29) is 16.2 Å². The zero-order valence-corrected chi connectivity index (χ0v) is 12.0. The van der Waals surface area contributed by atoms with Gasteiger partial charge >= 0.3 is 12.3 Å². The predicted molar refractivity (Wildman–Crippen MR) is 72.5 cm³/mol. The van der Waals surface area contributed by atoms with Crippen molar-refractivity contribution >= 4 is 17.3 Å². The molecule has 112 valence electrons. The minimum absolute atomic E-state index is 0.203. The minimum Gasteiger partial charge on any atom is -0.465 e. The van der Waals surface area contributed by atoms with Crippen LogP contribution >= 0.6 is 11.3 Å². The van der Waals surface area contributed by atoms with Gasteiger partial charge in [0.05, 0.1) is 7.11 Å². The van der Waals surface area contributed by atoms with Gasteiger partial charge in [-0.3, -0.25) is 0 Å². The first-order valence-electron chi connectivity index (χ1n) is 5.85. The molecule has 0 aliphatic rings. The van der Waals surface area contributed by atoms with Crippen LogP contribution in [0.25, 0.3) is 11.1 Å². The molecule has 0 saturated carbocycles. The summed E-state index contributed by atoms with van der Waals surface area (Å²) < 4.78 is 46.1. The molecule has 0 saturated heterocycles. The van der Waals surface area contributed by atoms with Crippen molar-refractivity contribution in [3.05, 3.63) is 40.1 Å². The van der Waals surface area contributed by atoms with Gasteiger partial charge in [-0.15, -0.1) is 24.5 Å². The summed E-state index contributed by atoms with van der Waals surface area (Å²) >= 11 is 1.12. The number of halogens is 3. The molecule has 0 unspecified atom stereocenters. The maximum atomic E-state index is 12.5. The molecule has 0 fully saturated rings. The van der Waals surface area contributed by atoms with E-state index in [1.807, 2.05) is 0 Å². The van der Waals surface area contributed by atoms with Crippen molar-refractivity contribution in [2.24, 2.45) is 0 Å². The van der Waals surface area contributed by atoms with Gasteiger partial charge in [0.2, 0.25) is 0 Å². The largest absolute Gasteiger partial charge is 0.573 e. The number of thiophene rings is 1. The van der Waals surface area contributed by atoms with Gasteiger partial charge < -0.3 is 9.47 Å². The number of carbonyl (C=O) groups is 1. The van der Waals surface area contributed by atoms with Crippen LogP contribution in [0, 0.1) is 6.92 Å². The molecule has 0 atom stereocenters. The standard InChI is InChI=1S/C14H11F3O3S/c1-8-7-21-12(13(18)19-2)11(8)9-5-3-4-6-10(9)20-14(15,16)17/h3-7H,1-2H3. The molecule has 21 heavy (non-hydrogen) atoms. The van der Waals surface area contributed by atoms with Crippen LogP contribution in [0.3, 0.4) is 0 Å². The number of hydrogen-bond acceptors (Lipinski definition) is 4. The van der Waals surface area contributed by atoms with Crippen molar-refractivity contribution in [1.29, 1.82) is 0 Å². The molecule has 7 heteroatoms. The summed E-state index contributed by atoms with van der Waals surface area (Å²) in [7, 11) is 1.22. The van der Waals surface area contributed by atoms with Gasteiger partial charge in [0.25, 0.3) is 0 Å². The summed E-state index contributed by atoms with van der Waals surface area (Å²) in [5, 5.41) is 1.69. The van der Waals surface area contributed by atoms with Crippen LogP contribution in [0.15, 0.2) is 29.6 Å². The van der Waals surface area contributed by atoms with Crippen molar-refractivity contribution in [2.45, 2.75) is 13.3 Å². The molecule has 2 rings (SSSR count). The van der Waals surface area contributed by atoms with E-state index in [4.69, 9.17) is 0 Å². The zero-order chi connectivity index (χ0) is 15.6. The molecule has 0 radical (unpaired) electrons. The SMILES string of the molecule is COC(=O)c1scc(C)c1-c1ccccc1OC(F)(F)F. The van der Waals surface area contributed by atoms with E-state index in [0.29, 0.717) is 11.1 Å². The number of benzene rings is 1. The molecule has 1 aromatic heterocycles. The molecular weight excluding hydrogens is 305 g/mol. The Hall–Kier alpha value is -2.02. The molecule has 0 spiro atoms. The Balaban J connectivity index is 2.58. The van der Waals surface area contributed by atoms with Crippen molar-refractivity contribution < 1.29 is 27.4 Å². The van der Waals surface area contributed by atoms with Gasteiger partial charge in [-0.25, -0.2) is 4.79 Å². The first-order chi connectivity index (χ1) is 9.83. The average Bonchev–Trinajstić information content (AvgIpc) is 2.78. The average molecular weight is 316 g/mol. The monoisotopic (exact) mass is 316 g/mol. The highest BCUT2D eigenvalue weighted by atomic mass is 32.1. The second kappa shape index (κ2) is 5.77. The normalized spacial score (nSPS) is 11.3. The Morgan fingerprint density at radius 1 is 1.24 bits per heavy atom. The van der Waals surface area contributed by atoms with Crippen LogP contribution in [0.1, 0.15) is 15.2 Å². The third-order valence-electron chi connectivity index (χ3n) is 2.73. The van der Waals surface area contributed by atoms with E-state index in [0.717, 1.165) is 11.3 Å². The Kier molecular flexibility index (Phi) is 4.22. The van der Waals surface area contributed by atoms with E-state index >= 15 is 0 Å². The van der Waals surface area contributed by atoms with E-state index in [2.05, 4.69) is 9.47 Å². The Bertz CT molecular complexity index is 662. The summed E-state index contributed by atoms with van der Waals surface area (Å²) in [6, 6.07) is 5.70. The number of ether oxygens (including phenoxy) is 2. The number of para-hydroxylation sites is 1. The lowest BCUT2D eigenvalue weighted by Gasteiger charge is -2.14. The highest BCUT2D eigenvalue weighted by molar-refractivity contribution is 7.12. The van der Waals surface area contributed by atoms with Crippen LogP contribution in [0.4, 0.5) is 13.2 Å². The van der Waals surface area contributed by atoms with Crippen LogP contribution in [0.2, 0.25) is 0 Å². The molecule has 0 aliphatic heterocycles. The van der Waals surface area contributed by atoms with Crippen molar-refractivity contribution in [3.8, 4) is 16.9 Å². The van der Waals surface area contributed by atoms with Crippen molar-refractivity contribution in [1.82, 2.24) is 0 Å². The fraction of sp³-hybridized carbons (Fsp3) is 0.214. The lowest BCUT2D eigenvalue weighted by Crippen LogP contribution is -2.17. The Morgan fingerprint density at radius 2 is 1.90 bits per heavy atom. The minimum atomic E-state index is -4.80. The van der Waals surface area contributed by atoms with Gasteiger partial charge in [0.15, 0.2) is 0 Å².